The van der Waals surface area contributed by atoms with Crippen molar-refractivity contribution in [3.63, 3.8) is 0 Å². The monoisotopic (exact) mass is 277 g/mol. The number of benzene rings is 1. The Morgan fingerprint density at radius 3 is 2.58 bits per heavy atom. The molecule has 0 spiro atoms. The van der Waals surface area contributed by atoms with Crippen LogP contribution >= 0.6 is 11.3 Å². The minimum Gasteiger partial charge on any atom is -0.423 e. The molecule has 0 saturated carbocycles. The van der Waals surface area contributed by atoms with Crippen LogP contribution in [-0.4, -0.2) is 28.8 Å². The second kappa shape index (κ2) is 6.82. The van der Waals surface area contributed by atoms with Crippen molar-refractivity contribution in [1.29, 1.82) is 0 Å². The van der Waals surface area contributed by atoms with E-state index < -0.39 is 7.12 Å². The van der Waals surface area contributed by atoms with E-state index >= 15 is 0 Å². The first-order chi connectivity index (χ1) is 9.16. The molecule has 100 valence electrons. The van der Waals surface area contributed by atoms with Gasteiger partial charge in [-0.15, -0.1) is 11.3 Å². The van der Waals surface area contributed by atoms with Crippen molar-refractivity contribution in [2.75, 3.05) is 6.61 Å². The number of ether oxygens (including phenoxy) is 1. The highest BCUT2D eigenvalue weighted by Crippen LogP contribution is 2.12. The van der Waals surface area contributed by atoms with E-state index in [0.29, 0.717) is 18.7 Å². The molecule has 4 nitrogen and oxygen atoms in total. The van der Waals surface area contributed by atoms with Crippen molar-refractivity contribution in [3.05, 3.63) is 45.9 Å². The summed E-state index contributed by atoms with van der Waals surface area (Å²) in [5, 5.41) is 18.0. The van der Waals surface area contributed by atoms with E-state index in [1.807, 2.05) is 24.6 Å². The van der Waals surface area contributed by atoms with Gasteiger partial charge in [0.2, 0.25) is 0 Å². The first-order valence-electron chi connectivity index (χ1n) is 6.08. The van der Waals surface area contributed by atoms with Crippen molar-refractivity contribution >= 4 is 23.9 Å². The van der Waals surface area contributed by atoms with Crippen molar-refractivity contribution < 1.29 is 14.8 Å². The first kappa shape index (κ1) is 14.2. The van der Waals surface area contributed by atoms with Crippen LogP contribution in [0, 0.1) is 6.92 Å². The number of hydrogen-bond donors (Lipinski definition) is 2. The molecule has 2 N–H and O–H groups in total. The van der Waals surface area contributed by atoms with E-state index in [4.69, 9.17) is 14.8 Å². The molecular weight excluding hydrogens is 261 g/mol. The molecule has 0 unspecified atom stereocenters. The van der Waals surface area contributed by atoms with Crippen LogP contribution in [0.1, 0.15) is 16.1 Å². The standard InChI is InChI=1S/C13H16BNO3S/c1-10-13(19-9-15-10)6-7-18-8-11-2-4-12(5-3-11)14(16)17/h2-5,9,16-17H,6-8H2,1H3. The minimum atomic E-state index is -1.41. The number of aryl methyl sites for hydroxylation is 1. The summed E-state index contributed by atoms with van der Waals surface area (Å²) in [6.07, 6.45) is 0.879. The van der Waals surface area contributed by atoms with Gasteiger partial charge >= 0.3 is 7.12 Å². The molecular formula is C13H16BNO3S. The number of aromatic nitrogens is 1. The highest BCUT2D eigenvalue weighted by atomic mass is 32.1. The summed E-state index contributed by atoms with van der Waals surface area (Å²) < 4.78 is 5.60. The average molecular weight is 277 g/mol. The molecule has 0 aliphatic carbocycles. The van der Waals surface area contributed by atoms with Crippen LogP contribution in [0.4, 0.5) is 0 Å². The summed E-state index contributed by atoms with van der Waals surface area (Å²) in [4.78, 5) is 5.46. The number of hydrogen-bond acceptors (Lipinski definition) is 5. The maximum absolute atomic E-state index is 8.98. The second-order valence-corrected chi connectivity index (χ2v) is 5.22. The molecule has 1 heterocycles. The molecule has 0 fully saturated rings. The van der Waals surface area contributed by atoms with Gasteiger partial charge < -0.3 is 14.8 Å². The van der Waals surface area contributed by atoms with Gasteiger partial charge in [0.05, 0.1) is 24.4 Å². The second-order valence-electron chi connectivity index (χ2n) is 4.28. The number of nitrogens with zero attached hydrogens (tertiary/aromatic N) is 1. The molecule has 19 heavy (non-hydrogen) atoms. The SMILES string of the molecule is Cc1ncsc1CCOCc1ccc(B(O)O)cc1. The quantitative estimate of drug-likeness (QED) is 0.608. The molecule has 0 atom stereocenters. The Hall–Kier alpha value is -1.21. The zero-order valence-electron chi connectivity index (χ0n) is 10.7. The molecule has 6 heteroatoms. The molecule has 0 bridgehead atoms. The van der Waals surface area contributed by atoms with Crippen molar-refractivity contribution in [2.24, 2.45) is 0 Å². The Kier molecular flexibility index (Phi) is 5.10. The average Bonchev–Trinajstić information content (AvgIpc) is 2.81. The van der Waals surface area contributed by atoms with Gasteiger partial charge in [-0.1, -0.05) is 24.3 Å². The van der Waals surface area contributed by atoms with Crippen LogP contribution in [0.3, 0.4) is 0 Å². The van der Waals surface area contributed by atoms with Crippen LogP contribution in [0.5, 0.6) is 0 Å². The summed E-state index contributed by atoms with van der Waals surface area (Å²) in [6, 6.07) is 7.06. The fourth-order valence-electron chi connectivity index (χ4n) is 1.71. The van der Waals surface area contributed by atoms with Crippen LogP contribution in [0.25, 0.3) is 0 Å². The summed E-state index contributed by atoms with van der Waals surface area (Å²) in [5.41, 5.74) is 4.44. The first-order valence-corrected chi connectivity index (χ1v) is 6.96. The Labute approximate surface area is 116 Å². The highest BCUT2D eigenvalue weighted by Gasteiger charge is 2.09. The predicted molar refractivity (Wildman–Crippen MR) is 76.5 cm³/mol. The zero-order valence-corrected chi connectivity index (χ0v) is 11.6. The number of rotatable bonds is 6. The minimum absolute atomic E-state index is 0.490. The van der Waals surface area contributed by atoms with E-state index in [-0.39, 0.29) is 0 Å². The van der Waals surface area contributed by atoms with Crippen LogP contribution in [0.15, 0.2) is 29.8 Å². The molecule has 0 radical (unpaired) electrons. The lowest BCUT2D eigenvalue weighted by Crippen LogP contribution is -2.29. The molecule has 2 aromatic rings. The molecule has 2 rings (SSSR count). The van der Waals surface area contributed by atoms with E-state index in [1.54, 1.807) is 23.5 Å². The van der Waals surface area contributed by atoms with Crippen LogP contribution in [0.2, 0.25) is 0 Å². The van der Waals surface area contributed by atoms with Crippen molar-refractivity contribution in [3.8, 4) is 0 Å². The van der Waals surface area contributed by atoms with Crippen molar-refractivity contribution in [2.45, 2.75) is 20.0 Å². The maximum atomic E-state index is 8.98. The van der Waals surface area contributed by atoms with E-state index in [0.717, 1.165) is 17.7 Å². The molecule has 0 saturated heterocycles. The Balaban J connectivity index is 1.75. The van der Waals surface area contributed by atoms with Crippen LogP contribution in [-0.2, 0) is 17.8 Å². The smallest absolute Gasteiger partial charge is 0.423 e. The van der Waals surface area contributed by atoms with Gasteiger partial charge in [-0.2, -0.15) is 0 Å². The van der Waals surface area contributed by atoms with E-state index in [1.165, 1.54) is 4.88 Å². The van der Waals surface area contributed by atoms with Gasteiger partial charge in [-0.05, 0) is 17.9 Å². The third-order valence-electron chi connectivity index (χ3n) is 2.86. The molecule has 1 aromatic heterocycles. The van der Waals surface area contributed by atoms with Crippen LogP contribution < -0.4 is 5.46 Å². The third kappa shape index (κ3) is 4.14. The fraction of sp³-hybridized carbons (Fsp3) is 0.308. The number of thiazole rings is 1. The summed E-state index contributed by atoms with van der Waals surface area (Å²) in [6.45, 7) is 3.19. The van der Waals surface area contributed by atoms with Gasteiger partial charge in [0, 0.05) is 11.3 Å². The van der Waals surface area contributed by atoms with E-state index in [9.17, 15) is 0 Å². The molecule has 0 aliphatic heterocycles. The summed E-state index contributed by atoms with van der Waals surface area (Å²) in [5.74, 6) is 0. The lowest BCUT2D eigenvalue weighted by atomic mass is 9.80. The Morgan fingerprint density at radius 1 is 1.26 bits per heavy atom. The summed E-state index contributed by atoms with van der Waals surface area (Å²) in [7, 11) is -1.41. The van der Waals surface area contributed by atoms with Gasteiger partial charge in [0.25, 0.3) is 0 Å². The fourth-order valence-corrected chi connectivity index (χ4v) is 2.47. The normalized spacial score (nSPS) is 10.7. The zero-order chi connectivity index (χ0) is 13.7. The van der Waals surface area contributed by atoms with Crippen molar-refractivity contribution in [1.82, 2.24) is 4.98 Å². The topological polar surface area (TPSA) is 62.6 Å². The molecule has 1 aromatic carbocycles. The van der Waals surface area contributed by atoms with E-state index in [2.05, 4.69) is 4.98 Å². The van der Waals surface area contributed by atoms with Gasteiger partial charge in [-0.3, -0.25) is 0 Å². The third-order valence-corrected chi connectivity index (χ3v) is 3.86. The predicted octanol–water partition coefficient (Wildman–Crippen LogP) is 0.891. The Morgan fingerprint density at radius 2 is 2.00 bits per heavy atom. The Bertz CT molecular complexity index is 513. The van der Waals surface area contributed by atoms with Gasteiger partial charge in [0.1, 0.15) is 0 Å². The molecule has 0 aliphatic rings. The summed E-state index contributed by atoms with van der Waals surface area (Å²) >= 11 is 1.65. The lowest BCUT2D eigenvalue weighted by Gasteiger charge is -2.05. The highest BCUT2D eigenvalue weighted by molar-refractivity contribution is 7.09. The largest absolute Gasteiger partial charge is 0.488 e. The lowest BCUT2D eigenvalue weighted by molar-refractivity contribution is 0.124. The van der Waals surface area contributed by atoms with Gasteiger partial charge in [-0.25, -0.2) is 4.98 Å². The van der Waals surface area contributed by atoms with Gasteiger partial charge in [0.15, 0.2) is 0 Å². The maximum Gasteiger partial charge on any atom is 0.488 e. The molecule has 0 amide bonds.